The molecular weight excluding hydrogens is 689 g/mol. The number of fused-ring (bicyclic) bond motifs is 5. The van der Waals surface area contributed by atoms with Gasteiger partial charge in [0.05, 0.1) is 5.56 Å². The highest BCUT2D eigenvalue weighted by atomic mass is 35.5. The average Bonchev–Trinajstić information content (AvgIpc) is 3.47. The number of Topliss-reactive ketones (excluding diaryl/α,β-unsaturated/α-hetero) is 1. The van der Waals surface area contributed by atoms with E-state index in [1.54, 1.807) is 36.4 Å². The molecule has 2 fully saturated rings. The first-order valence-corrected chi connectivity index (χ1v) is 19.0. The predicted octanol–water partition coefficient (Wildman–Crippen LogP) is 8.16. The normalized spacial score (nSPS) is 23.4. The quantitative estimate of drug-likeness (QED) is 0.0930. The lowest BCUT2D eigenvalue weighted by Gasteiger charge is -2.50. The van der Waals surface area contributed by atoms with Gasteiger partial charge in [-0.15, -0.1) is 23.2 Å². The Morgan fingerprint density at radius 3 is 2.37 bits per heavy atom. The van der Waals surface area contributed by atoms with E-state index >= 15 is 0 Å². The first-order valence-electron chi connectivity index (χ1n) is 18.0. The molecule has 0 aromatic heterocycles. The molecule has 0 amide bonds. The highest BCUT2D eigenvalue weighted by molar-refractivity contribution is 6.18. The maximum absolute atomic E-state index is 13.5. The lowest BCUT2D eigenvalue weighted by atomic mass is 9.55. The number of ketones is 1. The summed E-state index contributed by atoms with van der Waals surface area (Å²) >= 11 is 11.8. The number of rotatable bonds is 14. The van der Waals surface area contributed by atoms with Crippen molar-refractivity contribution in [3.63, 3.8) is 0 Å². The lowest BCUT2D eigenvalue weighted by Crippen LogP contribution is -2.46. The van der Waals surface area contributed by atoms with E-state index in [0.29, 0.717) is 54.3 Å². The number of benzene rings is 3. The van der Waals surface area contributed by atoms with Crippen LogP contribution in [0.5, 0.6) is 5.75 Å². The van der Waals surface area contributed by atoms with E-state index in [9.17, 15) is 19.2 Å². The minimum absolute atomic E-state index is 0.0497. The van der Waals surface area contributed by atoms with Gasteiger partial charge < -0.3 is 19.1 Å². The Labute approximate surface area is 309 Å². The van der Waals surface area contributed by atoms with Crippen molar-refractivity contribution < 1.29 is 33.4 Å². The average molecular weight is 735 g/mol. The van der Waals surface area contributed by atoms with Crippen LogP contribution in [-0.2, 0) is 25.5 Å². The summed E-state index contributed by atoms with van der Waals surface area (Å²) in [4.78, 5) is 53.6. The molecule has 0 saturated heterocycles. The van der Waals surface area contributed by atoms with Crippen molar-refractivity contribution in [2.75, 3.05) is 36.4 Å². The molecule has 2 saturated carbocycles. The number of ether oxygens (including phenoxy) is 3. The lowest BCUT2D eigenvalue weighted by molar-refractivity contribution is -0.168. The van der Waals surface area contributed by atoms with Gasteiger partial charge in [0.1, 0.15) is 11.9 Å². The van der Waals surface area contributed by atoms with Gasteiger partial charge in [-0.1, -0.05) is 43.3 Å². The van der Waals surface area contributed by atoms with Crippen LogP contribution in [0.3, 0.4) is 0 Å². The van der Waals surface area contributed by atoms with Gasteiger partial charge >= 0.3 is 17.9 Å². The molecule has 3 aromatic rings. The Kier molecular flexibility index (Phi) is 12.0. The molecule has 5 atom stereocenters. The Hall–Kier alpha value is -3.88. The number of aryl methyl sites for hydroxylation is 1. The minimum atomic E-state index is -0.533. The molecule has 10 heteroatoms. The van der Waals surface area contributed by atoms with E-state index < -0.39 is 24.5 Å². The largest absolute Gasteiger partial charge is 0.459 e. The number of halogens is 2. The number of carbonyl (C=O) groups is 4. The van der Waals surface area contributed by atoms with Crippen LogP contribution in [0, 0.1) is 17.3 Å². The Morgan fingerprint density at radius 2 is 1.65 bits per heavy atom. The molecule has 0 radical (unpaired) electrons. The van der Waals surface area contributed by atoms with Crippen LogP contribution < -0.4 is 9.64 Å². The topological polar surface area (TPSA) is 99.2 Å². The summed E-state index contributed by atoms with van der Waals surface area (Å²) in [7, 11) is 0. The molecular formula is C41H45Cl2NO7. The van der Waals surface area contributed by atoms with Crippen LogP contribution in [0.2, 0.25) is 0 Å². The van der Waals surface area contributed by atoms with E-state index in [0.717, 1.165) is 49.2 Å². The fourth-order valence-corrected chi connectivity index (χ4v) is 9.03. The molecule has 0 unspecified atom stereocenters. The van der Waals surface area contributed by atoms with Crippen molar-refractivity contribution >= 4 is 52.6 Å². The van der Waals surface area contributed by atoms with Gasteiger partial charge in [0.2, 0.25) is 0 Å². The molecule has 8 nitrogen and oxygen atoms in total. The molecule has 270 valence electrons. The van der Waals surface area contributed by atoms with Crippen LogP contribution in [0.25, 0.3) is 0 Å². The van der Waals surface area contributed by atoms with Crippen molar-refractivity contribution in [1.29, 1.82) is 0 Å². The molecule has 6 rings (SSSR count). The number of nitrogens with zero attached hydrogens (tertiary/aromatic N) is 1. The number of anilines is 1. The standard InChI is InChI=1S/C41H45Cl2NO7/c1-41-19-18-32-31-15-14-30(50-40(48)28-7-3-2-4-8-28)24-34(31)36(45)25-33(32)35(41)16-17-37(41)51-39(47)26-49-38(46)9-5-6-27-10-12-29(13-11-27)44(22-20-42)23-21-43/h2-4,7-8,10-15,24,32-33,35,37H,5-6,9,16-23,25-26H2,1H3/t32-,33-,35+,37+,41+/m1/s1. The molecule has 0 spiro atoms. The van der Waals surface area contributed by atoms with E-state index in [-0.39, 0.29) is 41.5 Å². The molecule has 0 N–H and O–H groups in total. The van der Waals surface area contributed by atoms with Gasteiger partial charge in [0.15, 0.2) is 12.4 Å². The van der Waals surface area contributed by atoms with Gasteiger partial charge in [-0.05, 0) is 104 Å². The maximum atomic E-state index is 13.5. The fraction of sp³-hybridized carbons (Fsp3) is 0.463. The Morgan fingerprint density at radius 1 is 0.902 bits per heavy atom. The third-order valence-corrected chi connectivity index (χ3v) is 11.5. The molecule has 0 bridgehead atoms. The second-order valence-electron chi connectivity index (χ2n) is 14.2. The maximum Gasteiger partial charge on any atom is 0.344 e. The summed E-state index contributed by atoms with van der Waals surface area (Å²) in [6, 6.07) is 22.4. The van der Waals surface area contributed by atoms with Crippen LogP contribution in [0.15, 0.2) is 72.8 Å². The van der Waals surface area contributed by atoms with Crippen LogP contribution >= 0.6 is 23.2 Å². The second-order valence-corrected chi connectivity index (χ2v) is 14.9. The molecule has 0 heterocycles. The summed E-state index contributed by atoms with van der Waals surface area (Å²) in [6.07, 6.45) is 4.95. The number of hydrogen-bond donors (Lipinski definition) is 0. The third-order valence-electron chi connectivity index (χ3n) is 11.2. The van der Waals surface area contributed by atoms with Crippen molar-refractivity contribution in [2.45, 2.75) is 70.3 Å². The summed E-state index contributed by atoms with van der Waals surface area (Å²) in [6.45, 7) is 3.21. The first kappa shape index (κ1) is 36.9. The van der Waals surface area contributed by atoms with Crippen molar-refractivity contribution in [3.05, 3.63) is 95.1 Å². The number of esters is 3. The zero-order valence-corrected chi connectivity index (χ0v) is 30.5. The highest BCUT2D eigenvalue weighted by Gasteiger charge is 2.57. The number of hydrogen-bond acceptors (Lipinski definition) is 8. The molecule has 3 aromatic carbocycles. The van der Waals surface area contributed by atoms with Gasteiger partial charge in [-0.3, -0.25) is 9.59 Å². The van der Waals surface area contributed by atoms with Crippen LogP contribution in [0.1, 0.15) is 89.6 Å². The zero-order valence-electron chi connectivity index (χ0n) is 29.0. The summed E-state index contributed by atoms with van der Waals surface area (Å²) in [5.41, 5.74) is 4.00. The number of alkyl halides is 2. The van der Waals surface area contributed by atoms with E-state index in [2.05, 4.69) is 11.8 Å². The molecule has 51 heavy (non-hydrogen) atoms. The minimum Gasteiger partial charge on any atom is -0.459 e. The van der Waals surface area contributed by atoms with Gasteiger partial charge in [0, 0.05) is 54.4 Å². The van der Waals surface area contributed by atoms with Gasteiger partial charge in [-0.25, -0.2) is 9.59 Å². The summed E-state index contributed by atoms with van der Waals surface area (Å²) < 4.78 is 16.9. The van der Waals surface area contributed by atoms with E-state index in [4.69, 9.17) is 37.4 Å². The summed E-state index contributed by atoms with van der Waals surface area (Å²) in [5, 5.41) is 0. The van der Waals surface area contributed by atoms with Crippen molar-refractivity contribution in [3.8, 4) is 5.75 Å². The van der Waals surface area contributed by atoms with E-state index in [1.165, 1.54) is 0 Å². The number of carbonyl (C=O) groups excluding carboxylic acids is 4. The van der Waals surface area contributed by atoms with Crippen molar-refractivity contribution in [1.82, 2.24) is 0 Å². The molecule has 0 aliphatic heterocycles. The van der Waals surface area contributed by atoms with Gasteiger partial charge in [0.25, 0.3) is 0 Å². The predicted molar refractivity (Wildman–Crippen MR) is 197 cm³/mol. The van der Waals surface area contributed by atoms with Crippen molar-refractivity contribution in [2.24, 2.45) is 17.3 Å². The molecule has 3 aliphatic rings. The van der Waals surface area contributed by atoms with E-state index in [1.807, 2.05) is 36.4 Å². The van der Waals surface area contributed by atoms with Crippen LogP contribution in [-0.4, -0.2) is 61.3 Å². The second kappa shape index (κ2) is 16.6. The third kappa shape index (κ3) is 8.44. The smallest absolute Gasteiger partial charge is 0.344 e. The summed E-state index contributed by atoms with van der Waals surface area (Å²) in [5.74, 6) is 0.623. The Bertz CT molecular complexity index is 1710. The van der Waals surface area contributed by atoms with Gasteiger partial charge in [-0.2, -0.15) is 0 Å². The highest BCUT2D eigenvalue weighted by Crippen LogP contribution is 2.61. The molecule has 3 aliphatic carbocycles. The Balaban J connectivity index is 0.972. The zero-order chi connectivity index (χ0) is 36.0. The fourth-order valence-electron chi connectivity index (χ4n) is 8.62. The SMILES string of the molecule is C[C@]12CC[C@@H]3c4ccc(OC(=O)c5ccccc5)cc4C(=O)C[C@H]3[C@@H]1CC[C@@H]2OC(=O)COC(=O)CCCc1ccc(N(CCCl)CCCl)cc1. The van der Waals surface area contributed by atoms with Crippen LogP contribution in [0.4, 0.5) is 5.69 Å². The first-order chi connectivity index (χ1) is 24.7. The monoisotopic (exact) mass is 733 g/mol.